The van der Waals surface area contributed by atoms with Crippen LogP contribution < -0.4 is 15.4 Å². The summed E-state index contributed by atoms with van der Waals surface area (Å²) in [5, 5.41) is 6.85. The smallest absolute Gasteiger partial charge is 0.409 e. The lowest BCUT2D eigenvalue weighted by molar-refractivity contribution is 0.0963. The first-order valence-corrected chi connectivity index (χ1v) is 10.8. The van der Waals surface area contributed by atoms with Crippen LogP contribution >= 0.6 is 0 Å². The zero-order chi connectivity index (χ0) is 21.9. The summed E-state index contributed by atoms with van der Waals surface area (Å²) in [5.41, 5.74) is 2.28. The van der Waals surface area contributed by atoms with Crippen LogP contribution in [0.1, 0.15) is 30.9 Å². The first-order chi connectivity index (χ1) is 15.2. The van der Waals surface area contributed by atoms with Crippen LogP contribution in [0.4, 0.5) is 4.79 Å². The van der Waals surface area contributed by atoms with Crippen LogP contribution in [-0.4, -0.2) is 49.7 Å². The van der Waals surface area contributed by atoms with Gasteiger partial charge in [0, 0.05) is 32.7 Å². The molecule has 166 valence electrons. The first kappa shape index (κ1) is 22.5. The molecular formula is C24H32N4O3. The standard InChI is InChI=1S/C24H32N4O3/c1-3-30-24(29)28-14-12-21(13-15-28)27-23(25-2)26-17-19-8-7-9-20(16-19)18-31-22-10-5-4-6-11-22/h4-11,16,21H,3,12-15,17-18H2,1-2H3,(H2,25,26,27). The summed E-state index contributed by atoms with van der Waals surface area (Å²) in [6, 6.07) is 18.4. The van der Waals surface area contributed by atoms with Gasteiger partial charge >= 0.3 is 6.09 Å². The Morgan fingerprint density at radius 2 is 1.84 bits per heavy atom. The van der Waals surface area contributed by atoms with Crippen molar-refractivity contribution in [3.8, 4) is 5.75 Å². The molecule has 1 amide bonds. The number of hydrogen-bond acceptors (Lipinski definition) is 4. The van der Waals surface area contributed by atoms with Gasteiger partial charge in [0.1, 0.15) is 12.4 Å². The molecule has 0 aliphatic carbocycles. The number of rotatable bonds is 7. The van der Waals surface area contributed by atoms with Crippen LogP contribution in [0.3, 0.4) is 0 Å². The minimum absolute atomic E-state index is 0.223. The molecule has 31 heavy (non-hydrogen) atoms. The number of hydrogen-bond donors (Lipinski definition) is 2. The summed E-state index contributed by atoms with van der Waals surface area (Å²) in [6.45, 7) is 4.82. The van der Waals surface area contributed by atoms with Gasteiger partial charge in [-0.2, -0.15) is 0 Å². The third-order valence-electron chi connectivity index (χ3n) is 5.19. The Morgan fingerprint density at radius 3 is 2.55 bits per heavy atom. The lowest BCUT2D eigenvalue weighted by Gasteiger charge is -2.32. The van der Waals surface area contributed by atoms with Crippen LogP contribution in [0.15, 0.2) is 59.6 Å². The second-order valence-corrected chi connectivity index (χ2v) is 7.45. The van der Waals surface area contributed by atoms with Crippen molar-refractivity contribution in [2.75, 3.05) is 26.7 Å². The van der Waals surface area contributed by atoms with Gasteiger partial charge in [0.25, 0.3) is 0 Å². The van der Waals surface area contributed by atoms with E-state index in [0.717, 1.165) is 35.7 Å². The Hall–Kier alpha value is -3.22. The molecule has 2 aromatic carbocycles. The van der Waals surface area contributed by atoms with Crippen molar-refractivity contribution in [2.45, 2.75) is 39.0 Å². The fourth-order valence-electron chi connectivity index (χ4n) is 3.51. The van der Waals surface area contributed by atoms with E-state index in [0.29, 0.717) is 32.8 Å². The van der Waals surface area contributed by atoms with Gasteiger partial charge in [-0.05, 0) is 43.0 Å². The van der Waals surface area contributed by atoms with E-state index >= 15 is 0 Å². The van der Waals surface area contributed by atoms with E-state index < -0.39 is 0 Å². The number of amides is 1. The molecule has 2 N–H and O–H groups in total. The highest BCUT2D eigenvalue weighted by atomic mass is 16.6. The number of para-hydroxylation sites is 1. The number of carbonyl (C=O) groups excluding carboxylic acids is 1. The van der Waals surface area contributed by atoms with E-state index in [1.54, 1.807) is 11.9 Å². The quantitative estimate of drug-likeness (QED) is 0.525. The normalized spacial score (nSPS) is 14.8. The largest absolute Gasteiger partial charge is 0.489 e. The molecule has 7 nitrogen and oxygen atoms in total. The lowest BCUT2D eigenvalue weighted by Crippen LogP contribution is -2.49. The number of likely N-dealkylation sites (tertiary alicyclic amines) is 1. The fourth-order valence-corrected chi connectivity index (χ4v) is 3.51. The van der Waals surface area contributed by atoms with E-state index in [1.165, 1.54) is 0 Å². The second-order valence-electron chi connectivity index (χ2n) is 7.45. The number of carbonyl (C=O) groups is 1. The molecule has 3 rings (SSSR count). The molecule has 1 aliphatic rings. The predicted molar refractivity (Wildman–Crippen MR) is 122 cm³/mol. The molecule has 1 heterocycles. The number of nitrogens with one attached hydrogen (secondary N) is 2. The van der Waals surface area contributed by atoms with Crippen LogP contribution in [-0.2, 0) is 17.9 Å². The van der Waals surface area contributed by atoms with Gasteiger partial charge in [-0.3, -0.25) is 4.99 Å². The SMILES string of the molecule is CCOC(=O)N1CCC(NC(=NC)NCc2cccc(COc3ccccc3)c2)CC1. The third-order valence-corrected chi connectivity index (χ3v) is 5.19. The zero-order valence-electron chi connectivity index (χ0n) is 18.3. The maximum Gasteiger partial charge on any atom is 0.409 e. The average Bonchev–Trinajstić information content (AvgIpc) is 2.82. The van der Waals surface area contributed by atoms with Crippen LogP contribution in [0.25, 0.3) is 0 Å². The molecular weight excluding hydrogens is 392 g/mol. The molecule has 1 saturated heterocycles. The molecule has 0 radical (unpaired) electrons. The van der Waals surface area contributed by atoms with Crippen molar-refractivity contribution < 1.29 is 14.3 Å². The highest BCUT2D eigenvalue weighted by Gasteiger charge is 2.24. The van der Waals surface area contributed by atoms with Crippen LogP contribution in [0.5, 0.6) is 5.75 Å². The topological polar surface area (TPSA) is 75.2 Å². The Labute approximate surface area is 184 Å². The van der Waals surface area contributed by atoms with Crippen LogP contribution in [0.2, 0.25) is 0 Å². The zero-order valence-corrected chi connectivity index (χ0v) is 18.3. The number of piperidine rings is 1. The Morgan fingerprint density at radius 1 is 1.10 bits per heavy atom. The van der Waals surface area contributed by atoms with Crippen molar-refractivity contribution in [1.29, 1.82) is 0 Å². The first-order valence-electron chi connectivity index (χ1n) is 10.8. The summed E-state index contributed by atoms with van der Waals surface area (Å²) in [5.74, 6) is 1.63. The Bertz CT molecular complexity index is 849. The molecule has 0 spiro atoms. The van der Waals surface area contributed by atoms with E-state index in [9.17, 15) is 4.79 Å². The van der Waals surface area contributed by atoms with Crippen LogP contribution in [0, 0.1) is 0 Å². The van der Waals surface area contributed by atoms with E-state index in [1.807, 2.05) is 43.3 Å². The molecule has 7 heteroatoms. The summed E-state index contributed by atoms with van der Waals surface area (Å²) in [6.07, 6.45) is 1.51. The minimum Gasteiger partial charge on any atom is -0.489 e. The minimum atomic E-state index is -0.223. The van der Waals surface area contributed by atoms with E-state index in [4.69, 9.17) is 9.47 Å². The Kier molecular flexibility index (Phi) is 8.58. The van der Waals surface area contributed by atoms with Gasteiger partial charge in [-0.1, -0.05) is 42.5 Å². The van der Waals surface area contributed by atoms with Gasteiger partial charge in [0.05, 0.1) is 6.61 Å². The second kappa shape index (κ2) is 11.8. The van der Waals surface area contributed by atoms with Gasteiger partial charge < -0.3 is 25.0 Å². The van der Waals surface area contributed by atoms with Gasteiger partial charge in [-0.15, -0.1) is 0 Å². The summed E-state index contributed by atoms with van der Waals surface area (Å²) >= 11 is 0. The number of ether oxygens (including phenoxy) is 2. The average molecular weight is 425 g/mol. The summed E-state index contributed by atoms with van der Waals surface area (Å²) in [4.78, 5) is 17.9. The molecule has 0 aromatic heterocycles. The molecule has 1 fully saturated rings. The lowest BCUT2D eigenvalue weighted by atomic mass is 10.1. The molecule has 1 aliphatic heterocycles. The van der Waals surface area contributed by atoms with E-state index in [2.05, 4.69) is 33.8 Å². The van der Waals surface area contributed by atoms with Gasteiger partial charge in [0.15, 0.2) is 5.96 Å². The molecule has 0 atom stereocenters. The highest BCUT2D eigenvalue weighted by molar-refractivity contribution is 5.80. The van der Waals surface area contributed by atoms with E-state index in [-0.39, 0.29) is 12.1 Å². The third kappa shape index (κ3) is 7.20. The molecule has 2 aromatic rings. The highest BCUT2D eigenvalue weighted by Crippen LogP contribution is 2.13. The fraction of sp³-hybridized carbons (Fsp3) is 0.417. The number of nitrogens with zero attached hydrogens (tertiary/aromatic N) is 2. The monoisotopic (exact) mass is 424 g/mol. The number of benzene rings is 2. The van der Waals surface area contributed by atoms with Gasteiger partial charge in [0.2, 0.25) is 0 Å². The number of aliphatic imine (C=N–C) groups is 1. The van der Waals surface area contributed by atoms with Crippen molar-refractivity contribution in [3.63, 3.8) is 0 Å². The number of guanidine groups is 1. The maximum absolute atomic E-state index is 11.8. The summed E-state index contributed by atoms with van der Waals surface area (Å²) in [7, 11) is 1.77. The Balaban J connectivity index is 1.44. The van der Waals surface area contributed by atoms with Crippen molar-refractivity contribution >= 4 is 12.1 Å². The van der Waals surface area contributed by atoms with Gasteiger partial charge in [-0.25, -0.2) is 4.79 Å². The molecule has 0 bridgehead atoms. The van der Waals surface area contributed by atoms with Crippen molar-refractivity contribution in [2.24, 2.45) is 4.99 Å². The molecule has 0 unspecified atom stereocenters. The maximum atomic E-state index is 11.8. The predicted octanol–water partition coefficient (Wildman–Crippen LogP) is 3.55. The molecule has 0 saturated carbocycles. The van der Waals surface area contributed by atoms with Crippen molar-refractivity contribution in [1.82, 2.24) is 15.5 Å². The van der Waals surface area contributed by atoms with Crippen molar-refractivity contribution in [3.05, 3.63) is 65.7 Å². The summed E-state index contributed by atoms with van der Waals surface area (Å²) < 4.78 is 10.9.